The largest absolute Gasteiger partial charge is 0.360 e. The van der Waals surface area contributed by atoms with Gasteiger partial charge in [0.15, 0.2) is 0 Å². The van der Waals surface area contributed by atoms with Gasteiger partial charge in [-0.15, -0.1) is 0 Å². The number of likely N-dealkylation sites (N-methyl/N-ethyl adjacent to an activating group) is 1. The van der Waals surface area contributed by atoms with Crippen LogP contribution in [0.4, 0.5) is 11.5 Å². The van der Waals surface area contributed by atoms with E-state index in [0.29, 0.717) is 5.82 Å². The molecule has 0 aliphatic carbocycles. The Balaban J connectivity index is 2.15. The van der Waals surface area contributed by atoms with E-state index in [0.717, 1.165) is 31.5 Å². The standard InChI is InChI=1S/C12H18N4O2/c1-9-6-11(16(17)18)12(13-7-9)14-10-4-3-5-15(2)8-10/h6-7,10H,3-5,8H2,1-2H3,(H,13,14). The lowest BCUT2D eigenvalue weighted by Crippen LogP contribution is -2.40. The SMILES string of the molecule is Cc1cnc(NC2CCCN(C)C2)c([N+](=O)[O-])c1. The average Bonchev–Trinajstić information content (AvgIpc) is 2.31. The van der Waals surface area contributed by atoms with Gasteiger partial charge in [-0.05, 0) is 38.9 Å². The molecule has 1 atom stereocenters. The highest BCUT2D eigenvalue weighted by molar-refractivity contribution is 5.57. The van der Waals surface area contributed by atoms with Crippen LogP contribution in [0.2, 0.25) is 0 Å². The molecule has 6 heteroatoms. The van der Waals surface area contributed by atoms with Crippen molar-refractivity contribution < 1.29 is 4.92 Å². The zero-order valence-electron chi connectivity index (χ0n) is 10.7. The first-order valence-electron chi connectivity index (χ1n) is 6.12. The topological polar surface area (TPSA) is 71.3 Å². The third-order valence-electron chi connectivity index (χ3n) is 3.17. The molecule has 2 rings (SSSR count). The molecule has 1 aliphatic rings. The van der Waals surface area contributed by atoms with E-state index >= 15 is 0 Å². The normalized spacial score (nSPS) is 20.7. The maximum Gasteiger partial charge on any atom is 0.311 e. The molecule has 1 aromatic rings. The Morgan fingerprint density at radius 3 is 3.06 bits per heavy atom. The molecule has 0 saturated carbocycles. The van der Waals surface area contributed by atoms with Crippen LogP contribution in [-0.4, -0.2) is 41.0 Å². The summed E-state index contributed by atoms with van der Waals surface area (Å²) in [5.41, 5.74) is 0.858. The number of hydrogen-bond donors (Lipinski definition) is 1. The highest BCUT2D eigenvalue weighted by Crippen LogP contribution is 2.24. The lowest BCUT2D eigenvalue weighted by Gasteiger charge is -2.30. The average molecular weight is 250 g/mol. The first-order valence-corrected chi connectivity index (χ1v) is 6.12. The second-order valence-electron chi connectivity index (χ2n) is 4.88. The molecule has 1 N–H and O–H groups in total. The number of nitro groups is 1. The number of aryl methyl sites for hydroxylation is 1. The number of nitrogens with zero attached hydrogens (tertiary/aromatic N) is 3. The molecular formula is C12H18N4O2. The second-order valence-corrected chi connectivity index (χ2v) is 4.88. The van der Waals surface area contributed by atoms with Crippen LogP contribution in [0.25, 0.3) is 0 Å². The molecule has 0 radical (unpaired) electrons. The molecule has 0 spiro atoms. The minimum atomic E-state index is -0.380. The van der Waals surface area contributed by atoms with Crippen LogP contribution in [0.15, 0.2) is 12.3 Å². The number of hydrogen-bond acceptors (Lipinski definition) is 5. The number of aromatic nitrogens is 1. The number of pyridine rings is 1. The molecule has 0 bridgehead atoms. The summed E-state index contributed by atoms with van der Waals surface area (Å²) in [7, 11) is 2.06. The molecule has 1 unspecified atom stereocenters. The number of rotatable bonds is 3. The third-order valence-corrected chi connectivity index (χ3v) is 3.17. The van der Waals surface area contributed by atoms with Gasteiger partial charge >= 0.3 is 5.69 Å². The Morgan fingerprint density at radius 1 is 1.61 bits per heavy atom. The second kappa shape index (κ2) is 5.30. The van der Waals surface area contributed by atoms with Gasteiger partial charge in [-0.3, -0.25) is 10.1 Å². The molecule has 0 amide bonds. The fraction of sp³-hybridized carbons (Fsp3) is 0.583. The summed E-state index contributed by atoms with van der Waals surface area (Å²) in [5.74, 6) is 0.380. The van der Waals surface area contributed by atoms with E-state index in [9.17, 15) is 10.1 Å². The summed E-state index contributed by atoms with van der Waals surface area (Å²) in [4.78, 5) is 17.0. The zero-order chi connectivity index (χ0) is 13.1. The van der Waals surface area contributed by atoms with E-state index in [1.807, 2.05) is 0 Å². The minimum Gasteiger partial charge on any atom is -0.360 e. The summed E-state index contributed by atoms with van der Waals surface area (Å²) < 4.78 is 0. The van der Waals surface area contributed by atoms with Gasteiger partial charge in [0.05, 0.1) is 4.92 Å². The van der Waals surface area contributed by atoms with Crippen molar-refractivity contribution in [2.75, 3.05) is 25.5 Å². The number of anilines is 1. The smallest absolute Gasteiger partial charge is 0.311 e. The fourth-order valence-electron chi connectivity index (χ4n) is 2.28. The van der Waals surface area contributed by atoms with Crippen LogP contribution in [0.3, 0.4) is 0 Å². The van der Waals surface area contributed by atoms with Gasteiger partial charge in [-0.2, -0.15) is 0 Å². The van der Waals surface area contributed by atoms with Crippen LogP contribution in [-0.2, 0) is 0 Å². The zero-order valence-corrected chi connectivity index (χ0v) is 10.7. The molecule has 1 aromatic heterocycles. The summed E-state index contributed by atoms with van der Waals surface area (Å²) >= 11 is 0. The Morgan fingerprint density at radius 2 is 2.39 bits per heavy atom. The molecular weight excluding hydrogens is 232 g/mol. The van der Waals surface area contributed by atoms with Crippen molar-refractivity contribution in [1.82, 2.24) is 9.88 Å². The van der Waals surface area contributed by atoms with Crippen LogP contribution in [0.5, 0.6) is 0 Å². The summed E-state index contributed by atoms with van der Waals surface area (Å²) in [6.45, 7) is 3.78. The van der Waals surface area contributed by atoms with Crippen LogP contribution >= 0.6 is 0 Å². The lowest BCUT2D eigenvalue weighted by molar-refractivity contribution is -0.384. The van der Waals surface area contributed by atoms with Crippen molar-refractivity contribution in [3.63, 3.8) is 0 Å². The minimum absolute atomic E-state index is 0.0585. The van der Waals surface area contributed by atoms with Gasteiger partial charge in [0.25, 0.3) is 0 Å². The predicted molar refractivity (Wildman–Crippen MR) is 69.8 cm³/mol. The maximum absolute atomic E-state index is 11.0. The lowest BCUT2D eigenvalue weighted by atomic mass is 10.1. The molecule has 98 valence electrons. The van der Waals surface area contributed by atoms with Crippen LogP contribution in [0.1, 0.15) is 18.4 Å². The highest BCUT2D eigenvalue weighted by atomic mass is 16.6. The first-order chi connectivity index (χ1) is 8.56. The summed E-state index contributed by atoms with van der Waals surface area (Å²) in [5, 5.41) is 14.2. The molecule has 2 heterocycles. The van der Waals surface area contributed by atoms with Gasteiger partial charge in [-0.1, -0.05) is 0 Å². The van der Waals surface area contributed by atoms with Crippen LogP contribution in [0, 0.1) is 17.0 Å². The Labute approximate surface area is 106 Å². The molecule has 1 aliphatic heterocycles. The Kier molecular flexibility index (Phi) is 3.76. The molecule has 18 heavy (non-hydrogen) atoms. The summed E-state index contributed by atoms with van der Waals surface area (Å²) in [6.07, 6.45) is 3.78. The van der Waals surface area contributed by atoms with Crippen molar-refractivity contribution in [3.8, 4) is 0 Å². The van der Waals surface area contributed by atoms with Crippen molar-refractivity contribution in [2.45, 2.75) is 25.8 Å². The van der Waals surface area contributed by atoms with Crippen LogP contribution < -0.4 is 5.32 Å². The van der Waals surface area contributed by atoms with Gasteiger partial charge in [-0.25, -0.2) is 4.98 Å². The molecule has 6 nitrogen and oxygen atoms in total. The quantitative estimate of drug-likeness (QED) is 0.654. The van der Waals surface area contributed by atoms with E-state index in [4.69, 9.17) is 0 Å². The first kappa shape index (κ1) is 12.8. The number of piperidine rings is 1. The van der Waals surface area contributed by atoms with E-state index in [2.05, 4.69) is 22.2 Å². The van der Waals surface area contributed by atoms with Crippen molar-refractivity contribution in [3.05, 3.63) is 27.9 Å². The van der Waals surface area contributed by atoms with Crippen molar-refractivity contribution in [2.24, 2.45) is 0 Å². The Bertz CT molecular complexity index is 450. The van der Waals surface area contributed by atoms with E-state index in [-0.39, 0.29) is 16.7 Å². The van der Waals surface area contributed by atoms with Crippen molar-refractivity contribution >= 4 is 11.5 Å². The molecule has 0 aromatic carbocycles. The van der Waals surface area contributed by atoms with Gasteiger partial charge in [0.1, 0.15) is 0 Å². The van der Waals surface area contributed by atoms with Gasteiger partial charge < -0.3 is 10.2 Å². The van der Waals surface area contributed by atoms with E-state index in [1.54, 1.807) is 19.2 Å². The molecule has 1 fully saturated rings. The van der Waals surface area contributed by atoms with Gasteiger partial charge in [0.2, 0.25) is 5.82 Å². The van der Waals surface area contributed by atoms with E-state index < -0.39 is 0 Å². The third kappa shape index (κ3) is 2.95. The maximum atomic E-state index is 11.0. The monoisotopic (exact) mass is 250 g/mol. The number of nitrogens with one attached hydrogen (secondary N) is 1. The van der Waals surface area contributed by atoms with Gasteiger partial charge in [0, 0.05) is 24.8 Å². The molecule has 1 saturated heterocycles. The number of likely N-dealkylation sites (tertiary alicyclic amines) is 1. The predicted octanol–water partition coefficient (Wildman–Crippen LogP) is 1.80. The summed E-state index contributed by atoms with van der Waals surface area (Å²) in [6, 6.07) is 1.79. The highest BCUT2D eigenvalue weighted by Gasteiger charge is 2.22. The van der Waals surface area contributed by atoms with Crippen molar-refractivity contribution in [1.29, 1.82) is 0 Å². The fourth-order valence-corrected chi connectivity index (χ4v) is 2.28. The Hall–Kier alpha value is -1.69. The van der Waals surface area contributed by atoms with E-state index in [1.165, 1.54) is 0 Å².